The van der Waals surface area contributed by atoms with Crippen LogP contribution in [0.25, 0.3) is 0 Å². The van der Waals surface area contributed by atoms with Gasteiger partial charge in [0.15, 0.2) is 0 Å². The number of carbonyl (C=O) groups excluding carboxylic acids is 1. The highest BCUT2D eigenvalue weighted by molar-refractivity contribution is 9.10. The Morgan fingerprint density at radius 3 is 2.80 bits per heavy atom. The van der Waals surface area contributed by atoms with Gasteiger partial charge in [0.2, 0.25) is 0 Å². The highest BCUT2D eigenvalue weighted by atomic mass is 79.9. The van der Waals surface area contributed by atoms with E-state index in [4.69, 9.17) is 10.5 Å². The minimum atomic E-state index is -0.193. The van der Waals surface area contributed by atoms with Crippen molar-refractivity contribution in [1.82, 2.24) is 5.32 Å². The van der Waals surface area contributed by atoms with Gasteiger partial charge in [-0.2, -0.15) is 0 Å². The van der Waals surface area contributed by atoms with Crippen LogP contribution < -0.4 is 15.8 Å². The average Bonchev–Trinajstić information content (AvgIpc) is 2.44. The predicted molar refractivity (Wildman–Crippen MR) is 82.7 cm³/mol. The molecule has 5 heteroatoms. The van der Waals surface area contributed by atoms with Crippen LogP contribution >= 0.6 is 15.9 Å². The molecule has 4 nitrogen and oxygen atoms in total. The van der Waals surface area contributed by atoms with Gasteiger partial charge in [-0.3, -0.25) is 4.79 Å². The third-order valence-electron chi connectivity index (χ3n) is 2.81. The first kappa shape index (κ1) is 14.4. The molecule has 1 amide bonds. The summed E-state index contributed by atoms with van der Waals surface area (Å²) in [4.78, 5) is 12.2. The predicted octanol–water partition coefficient (Wildman–Crippen LogP) is 2.97. The molecule has 0 unspecified atom stereocenters. The van der Waals surface area contributed by atoms with Crippen molar-refractivity contribution in [3.05, 3.63) is 58.1 Å². The maximum Gasteiger partial charge on any atom is 0.255 e. The second-order valence-corrected chi connectivity index (χ2v) is 5.19. The highest BCUT2D eigenvalue weighted by Crippen LogP contribution is 2.21. The van der Waals surface area contributed by atoms with Crippen LogP contribution in [0, 0.1) is 0 Å². The lowest BCUT2D eigenvalue weighted by molar-refractivity contribution is 0.0948. The minimum absolute atomic E-state index is 0.193. The number of amides is 1. The first-order valence-electron chi connectivity index (χ1n) is 6.06. The fourth-order valence-electron chi connectivity index (χ4n) is 1.82. The molecule has 0 atom stereocenters. The number of nitrogen functional groups attached to an aromatic ring is 1. The van der Waals surface area contributed by atoms with Crippen molar-refractivity contribution in [3.63, 3.8) is 0 Å². The zero-order chi connectivity index (χ0) is 14.5. The Balaban J connectivity index is 2.09. The van der Waals surface area contributed by atoms with E-state index < -0.39 is 0 Å². The summed E-state index contributed by atoms with van der Waals surface area (Å²) in [5, 5.41) is 2.86. The summed E-state index contributed by atoms with van der Waals surface area (Å²) in [6.07, 6.45) is 0. The first-order chi connectivity index (χ1) is 9.60. The van der Waals surface area contributed by atoms with Crippen LogP contribution in [0.5, 0.6) is 5.75 Å². The molecule has 2 rings (SSSR count). The molecule has 0 aliphatic heterocycles. The number of ether oxygens (including phenoxy) is 1. The summed E-state index contributed by atoms with van der Waals surface area (Å²) < 4.78 is 6.15. The first-order valence-corrected chi connectivity index (χ1v) is 6.85. The van der Waals surface area contributed by atoms with E-state index in [-0.39, 0.29) is 5.91 Å². The topological polar surface area (TPSA) is 64.3 Å². The third kappa shape index (κ3) is 3.51. The number of nitrogens with two attached hydrogens (primary N) is 1. The maximum atomic E-state index is 12.2. The molecule has 0 aliphatic rings. The minimum Gasteiger partial charge on any atom is -0.496 e. The van der Waals surface area contributed by atoms with Crippen LogP contribution in [0.15, 0.2) is 46.9 Å². The van der Waals surface area contributed by atoms with Crippen LogP contribution in [-0.2, 0) is 6.54 Å². The SMILES string of the molecule is COc1cc(N)ccc1C(=O)NCc1cccc(Br)c1. The molecule has 2 aromatic rings. The Kier molecular flexibility index (Phi) is 4.63. The summed E-state index contributed by atoms with van der Waals surface area (Å²) in [7, 11) is 1.51. The molecule has 104 valence electrons. The average molecular weight is 335 g/mol. The molecular weight excluding hydrogens is 320 g/mol. The molecule has 0 spiro atoms. The van der Waals surface area contributed by atoms with Crippen LogP contribution in [0.3, 0.4) is 0 Å². The van der Waals surface area contributed by atoms with Crippen molar-refractivity contribution < 1.29 is 9.53 Å². The van der Waals surface area contributed by atoms with Gasteiger partial charge in [0, 0.05) is 22.8 Å². The van der Waals surface area contributed by atoms with Gasteiger partial charge in [0.25, 0.3) is 5.91 Å². The van der Waals surface area contributed by atoms with Crippen molar-refractivity contribution in [1.29, 1.82) is 0 Å². The third-order valence-corrected chi connectivity index (χ3v) is 3.31. The van der Waals surface area contributed by atoms with Gasteiger partial charge in [-0.05, 0) is 29.8 Å². The fourth-order valence-corrected chi connectivity index (χ4v) is 2.27. The number of nitrogens with one attached hydrogen (secondary N) is 1. The summed E-state index contributed by atoms with van der Waals surface area (Å²) in [5.41, 5.74) is 7.71. The van der Waals surface area contributed by atoms with Gasteiger partial charge in [-0.25, -0.2) is 0 Å². The largest absolute Gasteiger partial charge is 0.496 e. The summed E-state index contributed by atoms with van der Waals surface area (Å²) in [6.45, 7) is 0.450. The van der Waals surface area contributed by atoms with E-state index in [2.05, 4.69) is 21.2 Å². The van der Waals surface area contributed by atoms with Gasteiger partial charge >= 0.3 is 0 Å². The number of rotatable bonds is 4. The van der Waals surface area contributed by atoms with Crippen molar-refractivity contribution >= 4 is 27.5 Å². The normalized spacial score (nSPS) is 10.1. The van der Waals surface area contributed by atoms with Crippen molar-refractivity contribution in [2.75, 3.05) is 12.8 Å². The van der Waals surface area contributed by atoms with E-state index in [0.717, 1.165) is 10.0 Å². The Hall–Kier alpha value is -2.01. The van der Waals surface area contributed by atoms with Crippen LogP contribution in [0.1, 0.15) is 15.9 Å². The molecule has 3 N–H and O–H groups in total. The number of anilines is 1. The number of halogens is 1. The Morgan fingerprint density at radius 2 is 2.10 bits per heavy atom. The second kappa shape index (κ2) is 6.43. The molecule has 0 saturated carbocycles. The molecular formula is C15H15BrN2O2. The zero-order valence-corrected chi connectivity index (χ0v) is 12.6. The number of hydrogen-bond acceptors (Lipinski definition) is 3. The zero-order valence-electron chi connectivity index (χ0n) is 11.0. The highest BCUT2D eigenvalue weighted by Gasteiger charge is 2.12. The fraction of sp³-hybridized carbons (Fsp3) is 0.133. The summed E-state index contributed by atoms with van der Waals surface area (Å²) >= 11 is 3.40. The van der Waals surface area contributed by atoms with E-state index in [9.17, 15) is 4.79 Å². The molecule has 2 aromatic carbocycles. The lowest BCUT2D eigenvalue weighted by Crippen LogP contribution is -2.23. The molecule has 0 aromatic heterocycles. The quantitative estimate of drug-likeness (QED) is 0.845. The Bertz CT molecular complexity index is 629. The Morgan fingerprint density at radius 1 is 1.30 bits per heavy atom. The molecule has 20 heavy (non-hydrogen) atoms. The van der Waals surface area contributed by atoms with Gasteiger partial charge < -0.3 is 15.8 Å². The van der Waals surface area contributed by atoms with Gasteiger partial charge in [0.05, 0.1) is 12.7 Å². The van der Waals surface area contributed by atoms with E-state index in [1.807, 2.05) is 24.3 Å². The second-order valence-electron chi connectivity index (χ2n) is 4.27. The molecule has 0 radical (unpaired) electrons. The van der Waals surface area contributed by atoms with Gasteiger partial charge in [0.1, 0.15) is 5.75 Å². The molecule has 0 bridgehead atoms. The van der Waals surface area contributed by atoms with E-state index in [0.29, 0.717) is 23.5 Å². The number of carbonyl (C=O) groups is 1. The smallest absolute Gasteiger partial charge is 0.255 e. The monoisotopic (exact) mass is 334 g/mol. The molecule has 0 aliphatic carbocycles. The van der Waals surface area contributed by atoms with E-state index in [1.165, 1.54) is 7.11 Å². The lowest BCUT2D eigenvalue weighted by atomic mass is 10.1. The maximum absolute atomic E-state index is 12.2. The van der Waals surface area contributed by atoms with Crippen LogP contribution in [0.4, 0.5) is 5.69 Å². The van der Waals surface area contributed by atoms with Crippen LogP contribution in [0.2, 0.25) is 0 Å². The van der Waals surface area contributed by atoms with Crippen LogP contribution in [-0.4, -0.2) is 13.0 Å². The van der Waals surface area contributed by atoms with Crippen molar-refractivity contribution in [2.24, 2.45) is 0 Å². The van der Waals surface area contributed by atoms with Gasteiger partial charge in [-0.15, -0.1) is 0 Å². The Labute approximate surface area is 126 Å². The van der Waals surface area contributed by atoms with Gasteiger partial charge in [-0.1, -0.05) is 28.1 Å². The van der Waals surface area contributed by atoms with Crippen molar-refractivity contribution in [2.45, 2.75) is 6.54 Å². The summed E-state index contributed by atoms with van der Waals surface area (Å²) in [5.74, 6) is 0.276. The lowest BCUT2D eigenvalue weighted by Gasteiger charge is -2.10. The van der Waals surface area contributed by atoms with Crippen molar-refractivity contribution in [3.8, 4) is 5.75 Å². The summed E-state index contributed by atoms with van der Waals surface area (Å²) in [6, 6.07) is 12.7. The molecule has 0 fully saturated rings. The number of hydrogen-bond donors (Lipinski definition) is 2. The standard InChI is InChI=1S/C15H15BrN2O2/c1-20-14-8-12(17)5-6-13(14)15(19)18-9-10-3-2-4-11(16)7-10/h2-8H,9,17H2,1H3,(H,18,19). The molecule has 0 saturated heterocycles. The van der Waals surface area contributed by atoms with E-state index >= 15 is 0 Å². The van der Waals surface area contributed by atoms with E-state index in [1.54, 1.807) is 18.2 Å². The number of benzene rings is 2. The number of methoxy groups -OCH3 is 1. The molecule has 0 heterocycles.